The zero-order valence-electron chi connectivity index (χ0n) is 14.3. The molecule has 128 valence electrons. The topological polar surface area (TPSA) is 77.1 Å². The molecule has 0 spiro atoms. The number of nitrogens with zero attached hydrogens (tertiary/aromatic N) is 5. The Balaban J connectivity index is 1.67. The lowest BCUT2D eigenvalue weighted by Gasteiger charge is -2.29. The van der Waals surface area contributed by atoms with E-state index in [-0.39, 0.29) is 5.82 Å². The molecule has 1 fully saturated rings. The Morgan fingerprint density at radius 1 is 1.32 bits per heavy atom. The minimum absolute atomic E-state index is 0.0831. The highest BCUT2D eigenvalue weighted by Gasteiger charge is 2.27. The van der Waals surface area contributed by atoms with E-state index in [9.17, 15) is 10.1 Å². The van der Waals surface area contributed by atoms with Crippen LogP contribution in [-0.2, 0) is 7.05 Å². The number of aryl methyl sites for hydroxylation is 2. The van der Waals surface area contributed by atoms with Crippen LogP contribution in [0.1, 0.15) is 24.2 Å². The van der Waals surface area contributed by atoms with Crippen molar-refractivity contribution >= 4 is 11.6 Å². The number of anilines is 1. The average Bonchev–Trinajstić information content (AvgIpc) is 2.97. The molecule has 0 N–H and O–H groups in total. The lowest BCUT2D eigenvalue weighted by atomic mass is 10.0. The van der Waals surface area contributed by atoms with E-state index in [0.717, 1.165) is 37.3 Å². The fourth-order valence-electron chi connectivity index (χ4n) is 2.88. The maximum absolute atomic E-state index is 11.1. The van der Waals surface area contributed by atoms with Crippen molar-refractivity contribution in [3.05, 3.63) is 57.7 Å². The Hall–Kier alpha value is -3.14. The van der Waals surface area contributed by atoms with Crippen molar-refractivity contribution in [3.63, 3.8) is 0 Å². The summed E-state index contributed by atoms with van der Waals surface area (Å²) in [6.45, 7) is 3.38. The molecule has 0 aromatic carbocycles. The number of allylic oxidation sites excluding steroid dienone is 1. The van der Waals surface area contributed by atoms with Gasteiger partial charge in [0.15, 0.2) is 0 Å². The highest BCUT2D eigenvalue weighted by Crippen LogP contribution is 2.29. The molecular weight excluding hydrogens is 318 g/mol. The molecule has 1 aliphatic rings. The van der Waals surface area contributed by atoms with Crippen molar-refractivity contribution in [3.8, 4) is 11.8 Å². The van der Waals surface area contributed by atoms with Gasteiger partial charge in [-0.3, -0.25) is 4.57 Å². The van der Waals surface area contributed by atoms with Crippen LogP contribution in [-0.4, -0.2) is 32.5 Å². The van der Waals surface area contributed by atoms with E-state index in [1.165, 1.54) is 11.9 Å². The highest BCUT2D eigenvalue weighted by atomic mass is 16.6. The first-order valence-electron chi connectivity index (χ1n) is 8.08. The van der Waals surface area contributed by atoms with Crippen molar-refractivity contribution in [1.29, 1.82) is 0 Å². The Bertz CT molecular complexity index is 878. The van der Waals surface area contributed by atoms with Gasteiger partial charge in [0.05, 0.1) is 0 Å². The van der Waals surface area contributed by atoms with E-state index in [1.807, 2.05) is 36.1 Å². The molecule has 0 radical (unpaired) electrons. The predicted molar refractivity (Wildman–Crippen MR) is 95.2 cm³/mol. The molecule has 3 rings (SSSR count). The van der Waals surface area contributed by atoms with Gasteiger partial charge in [0.25, 0.3) is 0 Å². The van der Waals surface area contributed by atoms with E-state index in [4.69, 9.17) is 0 Å². The maximum Gasteiger partial charge on any atom is 0.406 e. The highest BCUT2D eigenvalue weighted by molar-refractivity contribution is 5.55. The maximum atomic E-state index is 11.1. The first kappa shape index (κ1) is 16.7. The molecule has 0 unspecified atom stereocenters. The molecule has 0 saturated carbocycles. The number of rotatable bonds is 2. The molecule has 2 aromatic heterocycles. The van der Waals surface area contributed by atoms with Gasteiger partial charge in [-0.15, -0.1) is 0 Å². The summed E-state index contributed by atoms with van der Waals surface area (Å²) in [5.74, 6) is 6.61. The van der Waals surface area contributed by atoms with Crippen LogP contribution in [0.3, 0.4) is 0 Å². The van der Waals surface area contributed by atoms with Crippen LogP contribution in [0.25, 0.3) is 0 Å². The Labute approximate surface area is 146 Å². The summed E-state index contributed by atoms with van der Waals surface area (Å²) in [7, 11) is 1.78. The number of hydrogen-bond acceptors (Lipinski definition) is 5. The van der Waals surface area contributed by atoms with E-state index in [1.54, 1.807) is 11.6 Å². The van der Waals surface area contributed by atoms with E-state index >= 15 is 0 Å². The van der Waals surface area contributed by atoms with E-state index < -0.39 is 4.92 Å². The Kier molecular flexibility index (Phi) is 4.80. The van der Waals surface area contributed by atoms with Crippen LogP contribution < -0.4 is 4.90 Å². The van der Waals surface area contributed by atoms with Gasteiger partial charge in [-0.05, 0) is 53.8 Å². The third-order valence-corrected chi connectivity index (χ3v) is 4.13. The van der Waals surface area contributed by atoms with Crippen molar-refractivity contribution in [2.75, 3.05) is 18.0 Å². The lowest BCUT2D eigenvalue weighted by Crippen LogP contribution is -2.32. The summed E-state index contributed by atoms with van der Waals surface area (Å²) < 4.78 is 1.70. The summed E-state index contributed by atoms with van der Waals surface area (Å²) in [6, 6.07) is 5.78. The van der Waals surface area contributed by atoms with Gasteiger partial charge >= 0.3 is 5.82 Å². The fourth-order valence-corrected chi connectivity index (χ4v) is 2.88. The SMILES string of the molecule is Cc1cccc(C#CC=C2CCN(c3c([N+](=O)[O-])ncn3C)CC2)n1. The Morgan fingerprint density at radius 2 is 2.08 bits per heavy atom. The molecule has 7 nitrogen and oxygen atoms in total. The molecule has 25 heavy (non-hydrogen) atoms. The molecule has 0 atom stereocenters. The largest absolute Gasteiger partial charge is 0.406 e. The summed E-state index contributed by atoms with van der Waals surface area (Å²) in [5, 5.41) is 11.1. The molecule has 7 heteroatoms. The monoisotopic (exact) mass is 337 g/mol. The summed E-state index contributed by atoms with van der Waals surface area (Å²) >= 11 is 0. The molecule has 3 heterocycles. The summed E-state index contributed by atoms with van der Waals surface area (Å²) in [5.41, 5.74) is 2.96. The van der Waals surface area contributed by atoms with Gasteiger partial charge in [-0.1, -0.05) is 17.6 Å². The fraction of sp³-hybridized carbons (Fsp3) is 0.333. The van der Waals surface area contributed by atoms with Crippen molar-refractivity contribution in [2.24, 2.45) is 7.05 Å². The predicted octanol–water partition coefficient (Wildman–Crippen LogP) is 2.61. The summed E-state index contributed by atoms with van der Waals surface area (Å²) in [4.78, 5) is 20.9. The second kappa shape index (κ2) is 7.18. The van der Waals surface area contributed by atoms with Crippen LogP contribution in [0.2, 0.25) is 0 Å². The average molecular weight is 337 g/mol. The van der Waals surface area contributed by atoms with Gasteiger partial charge in [-0.25, -0.2) is 4.98 Å². The molecule has 1 aliphatic heterocycles. The first-order chi connectivity index (χ1) is 12.0. The molecule has 1 saturated heterocycles. The Morgan fingerprint density at radius 3 is 2.76 bits per heavy atom. The van der Waals surface area contributed by atoms with Gasteiger partial charge in [0.2, 0.25) is 12.1 Å². The van der Waals surface area contributed by atoms with E-state index in [2.05, 4.69) is 21.8 Å². The van der Waals surface area contributed by atoms with Crippen molar-refractivity contribution < 1.29 is 4.92 Å². The lowest BCUT2D eigenvalue weighted by molar-refractivity contribution is -0.388. The molecular formula is C18H19N5O2. The number of nitro groups is 1. The smallest absolute Gasteiger partial charge is 0.358 e. The first-order valence-corrected chi connectivity index (χ1v) is 8.08. The van der Waals surface area contributed by atoms with Crippen molar-refractivity contribution in [2.45, 2.75) is 19.8 Å². The minimum atomic E-state index is -0.430. The third kappa shape index (κ3) is 3.86. The zero-order chi connectivity index (χ0) is 17.8. The van der Waals surface area contributed by atoms with Crippen LogP contribution in [0, 0.1) is 28.9 Å². The number of piperidine rings is 1. The van der Waals surface area contributed by atoms with Crippen LogP contribution >= 0.6 is 0 Å². The van der Waals surface area contributed by atoms with Crippen LogP contribution in [0.4, 0.5) is 11.6 Å². The second-order valence-electron chi connectivity index (χ2n) is 5.98. The van der Waals surface area contributed by atoms with Crippen molar-refractivity contribution in [1.82, 2.24) is 14.5 Å². The minimum Gasteiger partial charge on any atom is -0.358 e. The number of imidazole rings is 1. The van der Waals surface area contributed by atoms with Gasteiger partial charge in [-0.2, -0.15) is 0 Å². The number of pyridine rings is 1. The molecule has 0 bridgehead atoms. The number of hydrogen-bond donors (Lipinski definition) is 0. The summed E-state index contributed by atoms with van der Waals surface area (Å²) in [6.07, 6.45) is 5.09. The van der Waals surface area contributed by atoms with Crippen LogP contribution in [0.15, 0.2) is 36.2 Å². The second-order valence-corrected chi connectivity index (χ2v) is 5.98. The molecule has 0 amide bonds. The molecule has 0 aliphatic carbocycles. The van der Waals surface area contributed by atoms with E-state index in [0.29, 0.717) is 5.82 Å². The van der Waals surface area contributed by atoms with Gasteiger partial charge < -0.3 is 15.0 Å². The quantitative estimate of drug-likeness (QED) is 0.478. The standard InChI is InChI=1S/C18H19N5O2/c1-14-5-3-7-16(20-14)8-4-6-15-9-11-22(12-10-15)18-17(23(24)25)19-13-21(18)2/h3,5-7,13H,9-12H2,1-2H3. The third-order valence-electron chi connectivity index (χ3n) is 4.13. The zero-order valence-corrected chi connectivity index (χ0v) is 14.3. The van der Waals surface area contributed by atoms with Crippen LogP contribution in [0.5, 0.6) is 0 Å². The normalized spacial score (nSPS) is 14.0. The van der Waals surface area contributed by atoms with Gasteiger partial charge in [0, 0.05) is 25.8 Å². The number of aromatic nitrogens is 3. The molecule has 2 aromatic rings. The van der Waals surface area contributed by atoms with Gasteiger partial charge in [0.1, 0.15) is 5.69 Å².